The lowest BCUT2D eigenvalue weighted by molar-refractivity contribution is -0.135. The monoisotopic (exact) mass is 163 g/mol. The fraction of sp³-hybridized carbons (Fsp3) is 0.400. The molecule has 1 amide bonds. The van der Waals surface area contributed by atoms with Crippen molar-refractivity contribution in [3.63, 3.8) is 0 Å². The summed E-state index contributed by atoms with van der Waals surface area (Å²) in [7, 11) is 0. The van der Waals surface area contributed by atoms with Crippen molar-refractivity contribution >= 4 is 12.2 Å². The fourth-order valence-corrected chi connectivity index (χ4v) is 0.525. The van der Waals surface area contributed by atoms with Crippen LogP contribution in [0, 0.1) is 6.54 Å². The van der Waals surface area contributed by atoms with Gasteiger partial charge >= 0.3 is 6.18 Å². The van der Waals surface area contributed by atoms with Gasteiger partial charge < -0.3 is 4.90 Å². The van der Waals surface area contributed by atoms with Gasteiger partial charge in [-0.2, -0.15) is 18.2 Å². The van der Waals surface area contributed by atoms with E-state index in [2.05, 4.69) is 4.99 Å². The minimum atomic E-state index is -4.36. The summed E-state index contributed by atoms with van der Waals surface area (Å²) in [4.78, 5) is 13.6. The summed E-state index contributed by atoms with van der Waals surface area (Å²) in [5.74, 6) is -0.839. The first kappa shape index (κ1) is 8.03. The van der Waals surface area contributed by atoms with Gasteiger partial charge in [-0.3, -0.25) is 4.79 Å². The molecular weight excluding hydrogens is 161 g/mol. The van der Waals surface area contributed by atoms with Gasteiger partial charge in [-0.15, -0.1) is 0 Å². The minimum Gasteiger partial charge on any atom is -0.324 e. The van der Waals surface area contributed by atoms with Crippen LogP contribution in [-0.4, -0.2) is 29.9 Å². The van der Waals surface area contributed by atoms with Gasteiger partial charge in [-0.25, -0.2) is 0 Å². The summed E-state index contributed by atoms with van der Waals surface area (Å²) in [6.07, 6.45) is -2.52. The lowest BCUT2D eigenvalue weighted by atomic mass is 10.5. The smallest absolute Gasteiger partial charge is 0.324 e. The molecule has 1 aliphatic heterocycles. The molecule has 0 N–H and O–H groups in total. The van der Waals surface area contributed by atoms with Crippen molar-refractivity contribution in [1.29, 1.82) is 0 Å². The number of rotatable bonds is 1. The van der Waals surface area contributed by atoms with Crippen LogP contribution in [0.1, 0.15) is 0 Å². The van der Waals surface area contributed by atoms with E-state index in [9.17, 15) is 18.0 Å². The molecule has 0 aliphatic carbocycles. The van der Waals surface area contributed by atoms with Crippen LogP contribution in [-0.2, 0) is 4.79 Å². The van der Waals surface area contributed by atoms with E-state index in [1.807, 2.05) is 12.9 Å². The van der Waals surface area contributed by atoms with Crippen LogP contribution in [0.5, 0.6) is 0 Å². The summed E-state index contributed by atoms with van der Waals surface area (Å²) >= 11 is 0. The van der Waals surface area contributed by atoms with Crippen molar-refractivity contribution in [3.05, 3.63) is 6.54 Å². The van der Waals surface area contributed by atoms with Gasteiger partial charge in [0.25, 0.3) is 5.91 Å². The Hall–Kier alpha value is -1.07. The van der Waals surface area contributed by atoms with E-state index in [1.54, 1.807) is 0 Å². The summed E-state index contributed by atoms with van der Waals surface area (Å²) in [5, 5.41) is 0. The number of halogens is 3. The van der Waals surface area contributed by atoms with Gasteiger partial charge in [0.1, 0.15) is 6.54 Å². The average Bonchev–Trinajstić information content (AvgIpc) is 2.10. The molecule has 11 heavy (non-hydrogen) atoms. The molecule has 1 aliphatic rings. The van der Waals surface area contributed by atoms with E-state index in [1.165, 1.54) is 0 Å². The van der Waals surface area contributed by atoms with E-state index >= 15 is 0 Å². The summed E-state index contributed by atoms with van der Waals surface area (Å²) in [6, 6.07) is 0. The van der Waals surface area contributed by atoms with Gasteiger partial charge in [0.05, 0.1) is 0 Å². The fourth-order valence-electron chi connectivity index (χ4n) is 0.525. The molecule has 3 nitrogen and oxygen atoms in total. The van der Waals surface area contributed by atoms with Gasteiger partial charge in [0.2, 0.25) is 0 Å². The normalized spacial score (nSPS) is 18.1. The Morgan fingerprint density at radius 3 is 2.55 bits per heavy atom. The average molecular weight is 163 g/mol. The molecule has 6 heteroatoms. The molecule has 0 saturated carbocycles. The van der Waals surface area contributed by atoms with Crippen molar-refractivity contribution in [2.45, 2.75) is 6.18 Å². The van der Waals surface area contributed by atoms with Crippen LogP contribution >= 0.6 is 0 Å². The summed E-state index contributed by atoms with van der Waals surface area (Å²) < 4.78 is 34.7. The highest BCUT2D eigenvalue weighted by molar-refractivity contribution is 5.97. The molecule has 0 saturated heterocycles. The quantitative estimate of drug-likeness (QED) is 0.558. The first-order chi connectivity index (χ1) is 4.97. The zero-order valence-corrected chi connectivity index (χ0v) is 5.14. The Morgan fingerprint density at radius 1 is 1.55 bits per heavy atom. The van der Waals surface area contributed by atoms with Crippen molar-refractivity contribution in [1.82, 2.24) is 4.90 Å². The van der Waals surface area contributed by atoms with Crippen molar-refractivity contribution in [2.75, 3.05) is 6.54 Å². The molecule has 0 aromatic carbocycles. The van der Waals surface area contributed by atoms with Crippen LogP contribution in [0.25, 0.3) is 0 Å². The molecule has 1 heterocycles. The standard InChI is InChI=1S/C5H2F3N2O/c6-5(7,8)2-10-1-4(11)9-3-10/h2H2. The molecule has 59 valence electrons. The Bertz CT molecular complexity index is 198. The van der Waals surface area contributed by atoms with Crippen molar-refractivity contribution in [2.24, 2.45) is 4.99 Å². The molecule has 0 aromatic heterocycles. The third-order valence-corrected chi connectivity index (χ3v) is 0.840. The van der Waals surface area contributed by atoms with E-state index in [-0.39, 0.29) is 0 Å². The summed E-state index contributed by atoms with van der Waals surface area (Å²) in [6.45, 7) is 0.531. The topological polar surface area (TPSA) is 32.7 Å². The Balaban J connectivity index is 2.42. The Morgan fingerprint density at radius 2 is 2.18 bits per heavy atom. The maximum atomic E-state index is 11.6. The molecule has 0 unspecified atom stereocenters. The first-order valence-corrected chi connectivity index (χ1v) is 2.59. The van der Waals surface area contributed by atoms with Gasteiger partial charge in [-0.1, -0.05) is 0 Å². The number of hydrogen-bond donors (Lipinski definition) is 0. The largest absolute Gasteiger partial charge is 0.406 e. The third-order valence-electron chi connectivity index (χ3n) is 0.840. The number of aliphatic imine (C=N–C) groups is 1. The number of amides is 1. The van der Waals surface area contributed by atoms with Crippen molar-refractivity contribution < 1.29 is 18.0 Å². The number of alkyl halides is 3. The van der Waals surface area contributed by atoms with Crippen molar-refractivity contribution in [3.8, 4) is 0 Å². The molecule has 3 radical (unpaired) electrons. The Kier molecular flexibility index (Phi) is 1.84. The molecular formula is C5H2F3N2O. The highest BCUT2D eigenvalue weighted by Crippen LogP contribution is 2.17. The molecule has 0 atom stereocenters. The first-order valence-electron chi connectivity index (χ1n) is 2.59. The molecule has 0 aromatic rings. The lowest BCUT2D eigenvalue weighted by Gasteiger charge is -2.12. The number of carbonyl (C=O) groups excluding carboxylic acids is 1. The van der Waals surface area contributed by atoms with Crippen LogP contribution < -0.4 is 0 Å². The van der Waals surface area contributed by atoms with Crippen LogP contribution in [0.4, 0.5) is 13.2 Å². The van der Waals surface area contributed by atoms with Gasteiger partial charge in [0, 0.05) is 0 Å². The predicted molar refractivity (Wildman–Crippen MR) is 28.4 cm³/mol. The second kappa shape index (κ2) is 2.52. The van der Waals surface area contributed by atoms with Crippen LogP contribution in [0.15, 0.2) is 4.99 Å². The van der Waals surface area contributed by atoms with Crippen LogP contribution in [0.3, 0.4) is 0 Å². The van der Waals surface area contributed by atoms with E-state index in [4.69, 9.17) is 0 Å². The maximum Gasteiger partial charge on any atom is 0.406 e. The Labute approximate surface area is 60.5 Å². The maximum absolute atomic E-state index is 11.6. The van der Waals surface area contributed by atoms with E-state index in [0.29, 0.717) is 4.90 Å². The van der Waals surface area contributed by atoms with Gasteiger partial charge in [0.15, 0.2) is 12.9 Å². The molecule has 0 fully saturated rings. The predicted octanol–water partition coefficient (Wildman–Crippen LogP) is 0.335. The lowest BCUT2D eigenvalue weighted by Crippen LogP contribution is -2.29. The highest BCUT2D eigenvalue weighted by Gasteiger charge is 2.33. The zero-order valence-electron chi connectivity index (χ0n) is 5.14. The number of hydrogen-bond acceptors (Lipinski definition) is 2. The second-order valence-corrected chi connectivity index (χ2v) is 1.83. The molecule has 1 rings (SSSR count). The molecule has 0 bridgehead atoms. The zero-order chi connectivity index (χ0) is 8.48. The third kappa shape index (κ3) is 2.57. The van der Waals surface area contributed by atoms with E-state index < -0.39 is 18.6 Å². The number of nitrogens with zero attached hydrogens (tertiary/aromatic N) is 2. The number of carbonyl (C=O) groups is 1. The van der Waals surface area contributed by atoms with Crippen LogP contribution in [0.2, 0.25) is 0 Å². The minimum absolute atomic E-state index is 0.447. The summed E-state index contributed by atoms with van der Waals surface area (Å²) in [5.41, 5.74) is 0. The SMILES string of the molecule is O=C1[C]N(CC(F)(F)F)[C]=N1. The van der Waals surface area contributed by atoms with Gasteiger partial charge in [-0.05, 0) is 0 Å². The van der Waals surface area contributed by atoms with E-state index in [0.717, 1.165) is 0 Å². The molecule has 0 spiro atoms. The second-order valence-electron chi connectivity index (χ2n) is 1.83. The highest BCUT2D eigenvalue weighted by atomic mass is 19.4.